The van der Waals surface area contributed by atoms with E-state index in [4.69, 9.17) is 16.3 Å². The summed E-state index contributed by atoms with van der Waals surface area (Å²) in [7, 11) is 0. The number of fused-ring (bicyclic) bond motifs is 1. The quantitative estimate of drug-likeness (QED) is 0.213. The lowest BCUT2D eigenvalue weighted by Crippen LogP contribution is -2.48. The van der Waals surface area contributed by atoms with Crippen molar-refractivity contribution in [3.8, 4) is 5.75 Å². The number of nitrogens with one attached hydrogen (secondary N) is 2. The van der Waals surface area contributed by atoms with Gasteiger partial charge in [0.25, 0.3) is 11.8 Å². The summed E-state index contributed by atoms with van der Waals surface area (Å²) in [4.78, 5) is 25.7. The fraction of sp³-hybridized carbons (Fsp3) is 0.167. The number of hydrazone groups is 1. The molecule has 0 saturated heterocycles. The Balaban J connectivity index is 1.51. The maximum absolute atomic E-state index is 13.0. The molecule has 4 rings (SSSR count). The van der Waals surface area contributed by atoms with E-state index in [0.29, 0.717) is 22.9 Å². The minimum absolute atomic E-state index is 0.166. The van der Waals surface area contributed by atoms with Crippen LogP contribution in [0.4, 0.5) is 0 Å². The van der Waals surface area contributed by atoms with Crippen LogP contribution in [-0.2, 0) is 11.4 Å². The molecule has 0 aliphatic rings. The van der Waals surface area contributed by atoms with E-state index in [0.717, 1.165) is 21.9 Å². The van der Waals surface area contributed by atoms with Gasteiger partial charge < -0.3 is 10.1 Å². The molecule has 0 aliphatic carbocycles. The number of carbonyl (C=O) groups excluding carboxylic acids is 2. The monoisotopic (exact) mass is 513 g/mol. The fourth-order valence-electron chi connectivity index (χ4n) is 3.89. The Labute approximate surface area is 221 Å². The highest BCUT2D eigenvalue weighted by Crippen LogP contribution is 2.27. The third-order valence-corrected chi connectivity index (χ3v) is 6.09. The van der Waals surface area contributed by atoms with Crippen molar-refractivity contribution in [2.24, 2.45) is 11.0 Å². The second-order valence-electron chi connectivity index (χ2n) is 8.91. The summed E-state index contributed by atoms with van der Waals surface area (Å²) < 4.78 is 6.11. The number of halogens is 1. The van der Waals surface area contributed by atoms with Gasteiger partial charge in [0.2, 0.25) is 0 Å². The van der Waals surface area contributed by atoms with E-state index in [9.17, 15) is 9.59 Å². The molecular weight excluding hydrogens is 486 g/mol. The molecule has 0 bridgehead atoms. The number of hydrogen-bond donors (Lipinski definition) is 2. The van der Waals surface area contributed by atoms with Crippen LogP contribution < -0.4 is 15.5 Å². The van der Waals surface area contributed by atoms with Gasteiger partial charge in [0.15, 0.2) is 0 Å². The first-order chi connectivity index (χ1) is 17.9. The van der Waals surface area contributed by atoms with Crippen LogP contribution in [0.1, 0.15) is 35.3 Å². The predicted octanol–water partition coefficient (Wildman–Crippen LogP) is 5.98. The lowest BCUT2D eigenvalue weighted by Gasteiger charge is -2.20. The van der Waals surface area contributed by atoms with Gasteiger partial charge in [0, 0.05) is 16.1 Å². The van der Waals surface area contributed by atoms with E-state index in [2.05, 4.69) is 15.8 Å². The summed E-state index contributed by atoms with van der Waals surface area (Å²) >= 11 is 6.00. The predicted molar refractivity (Wildman–Crippen MR) is 148 cm³/mol. The lowest BCUT2D eigenvalue weighted by molar-refractivity contribution is -0.123. The number of benzene rings is 4. The number of carbonyl (C=O) groups is 2. The molecule has 188 valence electrons. The van der Waals surface area contributed by atoms with Crippen molar-refractivity contribution >= 4 is 40.4 Å². The normalized spacial score (nSPS) is 12.0. The van der Waals surface area contributed by atoms with Gasteiger partial charge in [-0.05, 0) is 46.5 Å². The van der Waals surface area contributed by atoms with Crippen molar-refractivity contribution in [1.29, 1.82) is 0 Å². The van der Waals surface area contributed by atoms with Gasteiger partial charge in [-0.25, -0.2) is 5.43 Å². The summed E-state index contributed by atoms with van der Waals surface area (Å²) in [5.41, 5.74) is 4.75. The fourth-order valence-corrected chi connectivity index (χ4v) is 4.08. The van der Waals surface area contributed by atoms with Crippen molar-refractivity contribution in [3.05, 3.63) is 113 Å². The van der Waals surface area contributed by atoms with Crippen LogP contribution in [0.2, 0.25) is 5.02 Å². The standard InChI is InChI=1S/C30H28ClN3O3/c1-20(2)28(33-29(35)23-12-8-13-24(31)17-23)30(36)34-32-18-26-25-14-7-6-11-22(25)15-16-27(26)37-19-21-9-4-3-5-10-21/h3-18,20,28H,19H2,1-2H3,(H,33,35)(H,34,36)/b32-18+. The molecule has 1 unspecified atom stereocenters. The molecule has 2 amide bonds. The van der Waals surface area contributed by atoms with Gasteiger partial charge in [0.1, 0.15) is 18.4 Å². The molecule has 37 heavy (non-hydrogen) atoms. The van der Waals surface area contributed by atoms with Crippen molar-refractivity contribution in [3.63, 3.8) is 0 Å². The highest BCUT2D eigenvalue weighted by Gasteiger charge is 2.24. The van der Waals surface area contributed by atoms with Gasteiger partial charge in [-0.15, -0.1) is 0 Å². The van der Waals surface area contributed by atoms with E-state index in [-0.39, 0.29) is 11.8 Å². The maximum atomic E-state index is 13.0. The molecule has 0 heterocycles. The second-order valence-corrected chi connectivity index (χ2v) is 9.35. The van der Waals surface area contributed by atoms with Gasteiger partial charge in [0.05, 0.1) is 6.21 Å². The number of hydrogen-bond acceptors (Lipinski definition) is 4. The first-order valence-corrected chi connectivity index (χ1v) is 12.4. The zero-order valence-electron chi connectivity index (χ0n) is 20.6. The Morgan fingerprint density at radius 3 is 2.46 bits per heavy atom. The molecule has 0 spiro atoms. The zero-order valence-corrected chi connectivity index (χ0v) is 21.4. The van der Waals surface area contributed by atoms with E-state index in [1.807, 2.05) is 80.6 Å². The molecular formula is C30H28ClN3O3. The SMILES string of the molecule is CC(C)C(NC(=O)c1cccc(Cl)c1)C(=O)N/N=C/c1c(OCc2ccccc2)ccc2ccccc12. The van der Waals surface area contributed by atoms with E-state index in [1.54, 1.807) is 30.5 Å². The first kappa shape index (κ1) is 25.9. The summed E-state index contributed by atoms with van der Waals surface area (Å²) in [6, 6.07) is 27.5. The van der Waals surface area contributed by atoms with Crippen LogP contribution in [-0.4, -0.2) is 24.1 Å². The van der Waals surface area contributed by atoms with Crippen molar-refractivity contribution in [2.45, 2.75) is 26.5 Å². The van der Waals surface area contributed by atoms with Crippen molar-refractivity contribution in [1.82, 2.24) is 10.7 Å². The largest absolute Gasteiger partial charge is 0.488 e. The second kappa shape index (κ2) is 12.2. The summed E-state index contributed by atoms with van der Waals surface area (Å²) in [5.74, 6) is -0.324. The molecule has 7 heteroatoms. The molecule has 4 aromatic rings. The molecule has 0 aromatic heterocycles. The average Bonchev–Trinajstić information content (AvgIpc) is 2.91. The Morgan fingerprint density at radius 1 is 0.946 bits per heavy atom. The molecule has 1 atom stereocenters. The minimum Gasteiger partial charge on any atom is -0.488 e. The zero-order chi connectivity index (χ0) is 26.2. The van der Waals surface area contributed by atoms with Gasteiger partial charge >= 0.3 is 0 Å². The van der Waals surface area contributed by atoms with Gasteiger partial charge in [-0.1, -0.05) is 92.2 Å². The number of nitrogens with zero attached hydrogens (tertiary/aromatic N) is 1. The summed E-state index contributed by atoms with van der Waals surface area (Å²) in [6.45, 7) is 4.11. The van der Waals surface area contributed by atoms with Crippen LogP contribution >= 0.6 is 11.6 Å². The Bertz CT molecular complexity index is 1420. The van der Waals surface area contributed by atoms with Crippen molar-refractivity contribution < 1.29 is 14.3 Å². The van der Waals surface area contributed by atoms with E-state index >= 15 is 0 Å². The Morgan fingerprint density at radius 2 is 1.70 bits per heavy atom. The number of amides is 2. The molecule has 0 aliphatic heterocycles. The molecule has 4 aromatic carbocycles. The van der Waals surface area contributed by atoms with Gasteiger partial charge in [-0.2, -0.15) is 5.10 Å². The summed E-state index contributed by atoms with van der Waals surface area (Å²) in [5, 5.41) is 9.42. The third kappa shape index (κ3) is 6.74. The van der Waals surface area contributed by atoms with E-state index < -0.39 is 11.9 Å². The third-order valence-electron chi connectivity index (χ3n) is 5.86. The van der Waals surface area contributed by atoms with E-state index in [1.165, 1.54) is 0 Å². The highest BCUT2D eigenvalue weighted by molar-refractivity contribution is 6.31. The van der Waals surface area contributed by atoms with Crippen LogP contribution in [0.15, 0.2) is 96.1 Å². The van der Waals surface area contributed by atoms with Crippen LogP contribution in [0, 0.1) is 5.92 Å². The van der Waals surface area contributed by atoms with Crippen LogP contribution in [0.25, 0.3) is 10.8 Å². The smallest absolute Gasteiger partial charge is 0.262 e. The lowest BCUT2D eigenvalue weighted by atomic mass is 10.0. The maximum Gasteiger partial charge on any atom is 0.262 e. The molecule has 0 fully saturated rings. The Kier molecular flexibility index (Phi) is 8.54. The highest BCUT2D eigenvalue weighted by atomic mass is 35.5. The summed E-state index contributed by atoms with van der Waals surface area (Å²) in [6.07, 6.45) is 1.58. The average molecular weight is 514 g/mol. The Hall–Kier alpha value is -4.16. The minimum atomic E-state index is -0.787. The van der Waals surface area contributed by atoms with Gasteiger partial charge in [-0.3, -0.25) is 9.59 Å². The molecule has 2 N–H and O–H groups in total. The topological polar surface area (TPSA) is 79.8 Å². The molecule has 0 radical (unpaired) electrons. The van der Waals surface area contributed by atoms with Crippen LogP contribution in [0.3, 0.4) is 0 Å². The molecule has 0 saturated carbocycles. The number of rotatable bonds is 9. The first-order valence-electron chi connectivity index (χ1n) is 12.0. The number of ether oxygens (including phenoxy) is 1. The van der Waals surface area contributed by atoms with Crippen LogP contribution in [0.5, 0.6) is 5.75 Å². The molecule has 6 nitrogen and oxygen atoms in total. The van der Waals surface area contributed by atoms with Crippen molar-refractivity contribution in [2.75, 3.05) is 0 Å².